The number of hydrogen-bond acceptors (Lipinski definition) is 9. The number of carbonyl (C=O) groups excluding carboxylic acids is 4. The molecular formula is C32H60N2O8. The van der Waals surface area contributed by atoms with Gasteiger partial charge in [0, 0.05) is 49.6 Å². The van der Waals surface area contributed by atoms with Gasteiger partial charge in [-0.05, 0) is 27.7 Å². The maximum atomic E-state index is 13.7. The second kappa shape index (κ2) is 18.8. The quantitative estimate of drug-likeness (QED) is 0.163. The zero-order valence-electron chi connectivity index (χ0n) is 28.3. The van der Waals surface area contributed by atoms with Gasteiger partial charge in [-0.3, -0.25) is 19.2 Å². The second-order valence-corrected chi connectivity index (χ2v) is 13.7. The van der Waals surface area contributed by atoms with Crippen molar-refractivity contribution in [1.29, 1.82) is 0 Å². The lowest BCUT2D eigenvalue weighted by Gasteiger charge is -2.42. The van der Waals surface area contributed by atoms with Crippen LogP contribution in [0.3, 0.4) is 0 Å². The number of rotatable bonds is 24. The number of Topliss-reactive ketones (excluding diaryl/α,β-unsaturated/α-hetero) is 3. The van der Waals surface area contributed by atoms with Crippen molar-refractivity contribution in [2.75, 3.05) is 53.3 Å². The van der Waals surface area contributed by atoms with Gasteiger partial charge in [-0.15, -0.1) is 0 Å². The lowest BCUT2D eigenvalue weighted by atomic mass is 9.97. The van der Waals surface area contributed by atoms with Gasteiger partial charge < -0.3 is 29.6 Å². The molecule has 0 fully saturated rings. The number of ether oxygens (including phenoxy) is 4. The summed E-state index contributed by atoms with van der Waals surface area (Å²) in [7, 11) is 1.67. The summed E-state index contributed by atoms with van der Waals surface area (Å²) in [5.41, 5.74) is 3.65. The van der Waals surface area contributed by atoms with Crippen LogP contribution in [0.4, 0.5) is 0 Å². The van der Waals surface area contributed by atoms with Gasteiger partial charge in [0.15, 0.2) is 0 Å². The van der Waals surface area contributed by atoms with E-state index in [4.69, 9.17) is 24.7 Å². The van der Waals surface area contributed by atoms with Gasteiger partial charge in [0.05, 0.1) is 58.3 Å². The minimum atomic E-state index is -1.08. The Morgan fingerprint density at radius 1 is 0.643 bits per heavy atom. The summed E-state index contributed by atoms with van der Waals surface area (Å²) in [5.74, 6) is -0.290. The fourth-order valence-electron chi connectivity index (χ4n) is 3.77. The molecule has 0 unspecified atom stereocenters. The number of carbonyl (C=O) groups is 4. The fourth-order valence-corrected chi connectivity index (χ4v) is 3.77. The van der Waals surface area contributed by atoms with E-state index in [2.05, 4.69) is 0 Å². The SMILES string of the molecule is CC(C)C(=O)CCOCC(COCCC(=O)C(C)C)(COCCC(=O)C(C)C)N(C)C(=O)CC(C)(C)OCC(C)(C)N. The third-order valence-electron chi connectivity index (χ3n) is 7.02. The molecule has 0 aromatic carbocycles. The van der Waals surface area contributed by atoms with Gasteiger partial charge >= 0.3 is 0 Å². The Labute approximate surface area is 254 Å². The Morgan fingerprint density at radius 2 is 0.976 bits per heavy atom. The Kier molecular flexibility index (Phi) is 18.1. The van der Waals surface area contributed by atoms with E-state index in [0.29, 0.717) is 0 Å². The van der Waals surface area contributed by atoms with Crippen LogP contribution >= 0.6 is 0 Å². The summed E-state index contributed by atoms with van der Waals surface area (Å²) < 4.78 is 24.0. The Balaban J connectivity index is 5.96. The van der Waals surface area contributed by atoms with Gasteiger partial charge in [-0.2, -0.15) is 0 Å². The van der Waals surface area contributed by atoms with Crippen molar-refractivity contribution in [2.24, 2.45) is 23.5 Å². The van der Waals surface area contributed by atoms with Crippen LogP contribution in [-0.2, 0) is 38.1 Å². The van der Waals surface area contributed by atoms with E-state index in [1.54, 1.807) is 11.9 Å². The van der Waals surface area contributed by atoms with Crippen molar-refractivity contribution in [3.05, 3.63) is 0 Å². The third kappa shape index (κ3) is 16.8. The number of nitrogens with zero attached hydrogens (tertiary/aromatic N) is 1. The average Bonchev–Trinajstić information content (AvgIpc) is 2.88. The van der Waals surface area contributed by atoms with E-state index in [1.807, 2.05) is 69.2 Å². The molecule has 0 aliphatic heterocycles. The molecule has 0 spiro atoms. The molecule has 0 aliphatic carbocycles. The first-order chi connectivity index (χ1) is 19.2. The summed E-state index contributed by atoms with van der Waals surface area (Å²) in [6.07, 6.45) is 0.794. The van der Waals surface area contributed by atoms with Crippen molar-refractivity contribution < 1.29 is 38.1 Å². The van der Waals surface area contributed by atoms with E-state index in [1.165, 1.54) is 0 Å². The molecule has 0 heterocycles. The van der Waals surface area contributed by atoms with Crippen molar-refractivity contribution >= 4 is 23.3 Å². The van der Waals surface area contributed by atoms with E-state index < -0.39 is 16.7 Å². The van der Waals surface area contributed by atoms with Crippen LogP contribution in [0.2, 0.25) is 0 Å². The molecular weight excluding hydrogens is 540 g/mol. The smallest absolute Gasteiger partial charge is 0.225 e. The van der Waals surface area contributed by atoms with Crippen molar-refractivity contribution in [3.63, 3.8) is 0 Å². The van der Waals surface area contributed by atoms with Gasteiger partial charge in [0.1, 0.15) is 22.9 Å². The fraction of sp³-hybridized carbons (Fsp3) is 0.875. The predicted molar refractivity (Wildman–Crippen MR) is 164 cm³/mol. The molecule has 0 aliphatic rings. The molecule has 0 aromatic heterocycles. The molecule has 42 heavy (non-hydrogen) atoms. The summed E-state index contributed by atoms with van der Waals surface area (Å²) in [4.78, 5) is 51.8. The Hall–Kier alpha value is -1.72. The molecule has 0 radical (unpaired) electrons. The van der Waals surface area contributed by atoms with Crippen LogP contribution in [0.15, 0.2) is 0 Å². The average molecular weight is 601 g/mol. The largest absolute Gasteiger partial charge is 0.378 e. The summed E-state index contributed by atoms with van der Waals surface area (Å²) in [5, 5.41) is 0. The lowest BCUT2D eigenvalue weighted by Crippen LogP contribution is -2.60. The Morgan fingerprint density at radius 3 is 1.26 bits per heavy atom. The molecule has 2 N–H and O–H groups in total. The normalized spacial score (nSPS) is 12.8. The molecule has 0 bridgehead atoms. The van der Waals surface area contributed by atoms with Crippen LogP contribution in [0.5, 0.6) is 0 Å². The van der Waals surface area contributed by atoms with Crippen LogP contribution in [0, 0.1) is 17.8 Å². The number of ketones is 3. The van der Waals surface area contributed by atoms with Crippen molar-refractivity contribution in [3.8, 4) is 0 Å². The first-order valence-electron chi connectivity index (χ1n) is 15.2. The minimum absolute atomic E-state index is 0.0357. The molecule has 0 saturated heterocycles. The molecule has 10 heteroatoms. The molecule has 0 atom stereocenters. The first-order valence-corrected chi connectivity index (χ1v) is 15.2. The van der Waals surface area contributed by atoms with E-state index in [0.717, 1.165) is 0 Å². The highest BCUT2D eigenvalue weighted by Crippen LogP contribution is 2.24. The first kappa shape index (κ1) is 40.3. The zero-order valence-corrected chi connectivity index (χ0v) is 28.3. The predicted octanol–water partition coefficient (Wildman–Crippen LogP) is 4.00. The summed E-state index contributed by atoms with van der Waals surface area (Å²) in [6.45, 7) is 19.3. The molecule has 1 amide bonds. The summed E-state index contributed by atoms with van der Waals surface area (Å²) >= 11 is 0. The highest BCUT2D eigenvalue weighted by atomic mass is 16.5. The number of nitrogens with two attached hydrogens (primary N) is 1. The highest BCUT2D eigenvalue weighted by molar-refractivity contribution is 5.81. The monoisotopic (exact) mass is 600 g/mol. The maximum Gasteiger partial charge on any atom is 0.225 e. The molecule has 246 valence electrons. The van der Waals surface area contributed by atoms with Gasteiger partial charge in [-0.1, -0.05) is 41.5 Å². The van der Waals surface area contributed by atoms with E-state index >= 15 is 0 Å². The topological polar surface area (TPSA) is 134 Å². The van der Waals surface area contributed by atoms with Gasteiger partial charge in [0.2, 0.25) is 5.91 Å². The van der Waals surface area contributed by atoms with Crippen LogP contribution in [-0.4, -0.2) is 98.1 Å². The van der Waals surface area contributed by atoms with E-state index in [-0.39, 0.29) is 113 Å². The molecule has 0 saturated carbocycles. The second-order valence-electron chi connectivity index (χ2n) is 13.7. The van der Waals surface area contributed by atoms with Crippen molar-refractivity contribution in [1.82, 2.24) is 4.90 Å². The van der Waals surface area contributed by atoms with Gasteiger partial charge in [0.25, 0.3) is 0 Å². The van der Waals surface area contributed by atoms with Gasteiger partial charge in [-0.25, -0.2) is 0 Å². The highest BCUT2D eigenvalue weighted by Gasteiger charge is 2.41. The van der Waals surface area contributed by atoms with E-state index in [9.17, 15) is 19.2 Å². The van der Waals surface area contributed by atoms with Crippen LogP contribution in [0.1, 0.15) is 94.9 Å². The molecule has 0 rings (SSSR count). The van der Waals surface area contributed by atoms with Crippen LogP contribution in [0.25, 0.3) is 0 Å². The Bertz CT molecular complexity index is 777. The lowest BCUT2D eigenvalue weighted by molar-refractivity contribution is -0.156. The molecule has 0 aromatic rings. The summed E-state index contributed by atoms with van der Waals surface area (Å²) in [6, 6.07) is 0. The minimum Gasteiger partial charge on any atom is -0.378 e. The van der Waals surface area contributed by atoms with Crippen LogP contribution < -0.4 is 5.73 Å². The number of amides is 1. The molecule has 10 nitrogen and oxygen atoms in total. The number of hydrogen-bond donors (Lipinski definition) is 1. The van der Waals surface area contributed by atoms with Crippen molar-refractivity contribution in [2.45, 2.75) is 112 Å². The third-order valence-corrected chi connectivity index (χ3v) is 7.02. The number of likely N-dealkylation sites (N-methyl/N-ethyl adjacent to an activating group) is 1. The zero-order chi connectivity index (χ0) is 32.7. The maximum absolute atomic E-state index is 13.7. The standard InChI is InChI=1S/C32H60N2O8/c1-23(2)26(35)12-15-39-20-32(21-40-16-13-27(36)24(3)4,22-41-17-14-28(37)25(5)6)34(11)29(38)18-31(9,10)42-19-30(7,8)33/h23-25H,12-22,33H2,1-11H3.